The summed E-state index contributed by atoms with van der Waals surface area (Å²) in [6, 6.07) is 10.2. The van der Waals surface area contributed by atoms with Crippen LogP contribution in [0.4, 0.5) is 4.39 Å². The van der Waals surface area contributed by atoms with Crippen LogP contribution in [0, 0.1) is 5.82 Å². The molecule has 0 saturated carbocycles. The summed E-state index contributed by atoms with van der Waals surface area (Å²) in [4.78, 5) is 0. The van der Waals surface area contributed by atoms with E-state index in [4.69, 9.17) is 23.2 Å². The maximum Gasteiger partial charge on any atom is 0.123 e. The zero-order valence-corrected chi connectivity index (χ0v) is 12.9. The molecule has 4 heteroatoms. The third-order valence-electron chi connectivity index (χ3n) is 3.22. The van der Waals surface area contributed by atoms with Gasteiger partial charge in [0.1, 0.15) is 5.82 Å². The zero-order valence-electron chi connectivity index (χ0n) is 11.4. The predicted molar refractivity (Wildman–Crippen MR) is 83.9 cm³/mol. The van der Waals surface area contributed by atoms with Gasteiger partial charge in [0, 0.05) is 21.7 Å². The SMILES string of the molecule is CCNC(C)c1ccc(-c2cc(F)ccc2Cl)cc1Cl. The Morgan fingerprint density at radius 3 is 2.50 bits per heavy atom. The van der Waals surface area contributed by atoms with E-state index >= 15 is 0 Å². The van der Waals surface area contributed by atoms with Crippen LogP contribution in [0.25, 0.3) is 11.1 Å². The molecular weight excluding hydrogens is 296 g/mol. The third kappa shape index (κ3) is 3.32. The van der Waals surface area contributed by atoms with Crippen LogP contribution in [0.3, 0.4) is 0 Å². The fourth-order valence-corrected chi connectivity index (χ4v) is 2.75. The Hall–Kier alpha value is -1.09. The van der Waals surface area contributed by atoms with Gasteiger partial charge in [-0.25, -0.2) is 4.39 Å². The van der Waals surface area contributed by atoms with Crippen LogP contribution in [0.2, 0.25) is 10.0 Å². The van der Waals surface area contributed by atoms with Crippen molar-refractivity contribution in [3.63, 3.8) is 0 Å². The van der Waals surface area contributed by atoms with Gasteiger partial charge in [-0.05, 0) is 48.9 Å². The van der Waals surface area contributed by atoms with E-state index in [2.05, 4.69) is 12.2 Å². The number of benzene rings is 2. The van der Waals surface area contributed by atoms with Crippen LogP contribution in [-0.4, -0.2) is 6.54 Å². The second kappa shape index (κ2) is 6.57. The number of halogens is 3. The van der Waals surface area contributed by atoms with E-state index in [-0.39, 0.29) is 11.9 Å². The van der Waals surface area contributed by atoms with Crippen molar-refractivity contribution in [2.24, 2.45) is 0 Å². The quantitative estimate of drug-likeness (QED) is 0.789. The van der Waals surface area contributed by atoms with E-state index in [1.807, 2.05) is 25.1 Å². The summed E-state index contributed by atoms with van der Waals surface area (Å²) < 4.78 is 13.3. The van der Waals surface area contributed by atoms with Crippen LogP contribution in [-0.2, 0) is 0 Å². The Morgan fingerprint density at radius 2 is 1.85 bits per heavy atom. The van der Waals surface area contributed by atoms with Crippen LogP contribution in [0.5, 0.6) is 0 Å². The van der Waals surface area contributed by atoms with Crippen molar-refractivity contribution in [1.29, 1.82) is 0 Å². The molecule has 0 aliphatic carbocycles. The molecule has 0 radical (unpaired) electrons. The Balaban J connectivity index is 2.40. The molecule has 1 atom stereocenters. The molecule has 0 fully saturated rings. The molecule has 1 nitrogen and oxygen atoms in total. The topological polar surface area (TPSA) is 12.0 Å². The minimum absolute atomic E-state index is 0.171. The second-order valence-electron chi connectivity index (χ2n) is 4.64. The number of hydrogen-bond donors (Lipinski definition) is 1. The minimum Gasteiger partial charge on any atom is -0.310 e. The van der Waals surface area contributed by atoms with Crippen LogP contribution in [0.15, 0.2) is 36.4 Å². The van der Waals surface area contributed by atoms with Crippen molar-refractivity contribution in [3.05, 3.63) is 57.8 Å². The molecule has 0 heterocycles. The molecule has 0 spiro atoms. The van der Waals surface area contributed by atoms with Crippen molar-refractivity contribution in [2.45, 2.75) is 19.9 Å². The summed E-state index contributed by atoms with van der Waals surface area (Å²) in [6.07, 6.45) is 0. The van der Waals surface area contributed by atoms with E-state index in [0.29, 0.717) is 15.6 Å². The lowest BCUT2D eigenvalue weighted by atomic mass is 10.0. The zero-order chi connectivity index (χ0) is 14.7. The third-order valence-corrected chi connectivity index (χ3v) is 3.87. The van der Waals surface area contributed by atoms with E-state index in [9.17, 15) is 4.39 Å². The summed E-state index contributed by atoms with van der Waals surface area (Å²) in [5.41, 5.74) is 2.48. The maximum absolute atomic E-state index is 13.3. The summed E-state index contributed by atoms with van der Waals surface area (Å²) in [7, 11) is 0. The molecule has 0 aromatic heterocycles. The largest absolute Gasteiger partial charge is 0.310 e. The molecule has 1 N–H and O–H groups in total. The number of rotatable bonds is 4. The first-order valence-corrected chi connectivity index (χ1v) is 7.26. The van der Waals surface area contributed by atoms with Gasteiger partial charge in [-0.3, -0.25) is 0 Å². The van der Waals surface area contributed by atoms with Crippen molar-refractivity contribution in [1.82, 2.24) is 5.32 Å². The maximum atomic E-state index is 13.3. The molecule has 0 aliphatic heterocycles. The highest BCUT2D eigenvalue weighted by Crippen LogP contribution is 2.33. The van der Waals surface area contributed by atoms with Gasteiger partial charge in [0.25, 0.3) is 0 Å². The minimum atomic E-state index is -0.314. The van der Waals surface area contributed by atoms with Gasteiger partial charge in [-0.2, -0.15) is 0 Å². The van der Waals surface area contributed by atoms with Gasteiger partial charge in [0.2, 0.25) is 0 Å². The first-order chi connectivity index (χ1) is 9.52. The molecule has 20 heavy (non-hydrogen) atoms. The van der Waals surface area contributed by atoms with Gasteiger partial charge >= 0.3 is 0 Å². The highest BCUT2D eigenvalue weighted by Gasteiger charge is 2.11. The second-order valence-corrected chi connectivity index (χ2v) is 5.45. The molecule has 0 amide bonds. The number of hydrogen-bond acceptors (Lipinski definition) is 1. The van der Waals surface area contributed by atoms with Gasteiger partial charge in [0.15, 0.2) is 0 Å². The van der Waals surface area contributed by atoms with Crippen molar-refractivity contribution in [3.8, 4) is 11.1 Å². The van der Waals surface area contributed by atoms with Gasteiger partial charge in [-0.1, -0.05) is 42.3 Å². The predicted octanol–water partition coefficient (Wildman–Crippen LogP) is 5.47. The van der Waals surface area contributed by atoms with Gasteiger partial charge in [0.05, 0.1) is 0 Å². The highest BCUT2D eigenvalue weighted by molar-refractivity contribution is 6.34. The molecule has 0 saturated heterocycles. The average Bonchev–Trinajstić information content (AvgIpc) is 2.41. The lowest BCUT2D eigenvalue weighted by molar-refractivity contribution is 0.598. The molecule has 2 aromatic rings. The normalized spacial score (nSPS) is 12.4. The number of nitrogens with one attached hydrogen (secondary N) is 1. The lowest BCUT2D eigenvalue weighted by Gasteiger charge is -2.15. The Morgan fingerprint density at radius 1 is 1.10 bits per heavy atom. The molecule has 2 rings (SSSR count). The van der Waals surface area contributed by atoms with E-state index in [0.717, 1.165) is 17.7 Å². The summed E-state index contributed by atoms with van der Waals surface area (Å²) in [5, 5.41) is 4.47. The first-order valence-electron chi connectivity index (χ1n) is 6.51. The van der Waals surface area contributed by atoms with E-state index in [1.165, 1.54) is 12.1 Å². The van der Waals surface area contributed by atoms with E-state index < -0.39 is 0 Å². The monoisotopic (exact) mass is 311 g/mol. The molecule has 2 aromatic carbocycles. The molecular formula is C16H16Cl2FN. The van der Waals surface area contributed by atoms with Gasteiger partial charge < -0.3 is 5.32 Å². The standard InChI is InChI=1S/C16H16Cl2FN/c1-3-20-10(2)13-6-4-11(8-16(13)18)14-9-12(19)5-7-15(14)17/h4-10,20H,3H2,1-2H3. The Bertz CT molecular complexity index is 613. The fourth-order valence-electron chi connectivity index (χ4n) is 2.18. The van der Waals surface area contributed by atoms with Crippen LogP contribution >= 0.6 is 23.2 Å². The van der Waals surface area contributed by atoms with E-state index in [1.54, 1.807) is 6.07 Å². The summed E-state index contributed by atoms with van der Waals surface area (Å²) in [5.74, 6) is -0.314. The summed E-state index contributed by atoms with van der Waals surface area (Å²) >= 11 is 12.4. The smallest absolute Gasteiger partial charge is 0.123 e. The van der Waals surface area contributed by atoms with Crippen molar-refractivity contribution < 1.29 is 4.39 Å². The summed E-state index contributed by atoms with van der Waals surface area (Å²) in [6.45, 7) is 4.97. The van der Waals surface area contributed by atoms with Gasteiger partial charge in [-0.15, -0.1) is 0 Å². The molecule has 0 bridgehead atoms. The average molecular weight is 312 g/mol. The lowest BCUT2D eigenvalue weighted by Crippen LogP contribution is -2.17. The van der Waals surface area contributed by atoms with Crippen LogP contribution in [0.1, 0.15) is 25.5 Å². The molecule has 106 valence electrons. The molecule has 0 aliphatic rings. The van der Waals surface area contributed by atoms with Crippen LogP contribution < -0.4 is 5.32 Å². The van der Waals surface area contributed by atoms with Crippen molar-refractivity contribution in [2.75, 3.05) is 6.54 Å². The Labute approximate surface area is 128 Å². The highest BCUT2D eigenvalue weighted by atomic mass is 35.5. The molecule has 1 unspecified atom stereocenters. The first kappa shape index (κ1) is 15.3. The fraction of sp³-hybridized carbons (Fsp3) is 0.250. The van der Waals surface area contributed by atoms with Crippen molar-refractivity contribution >= 4 is 23.2 Å². The Kier molecular flexibility index (Phi) is 5.03.